The summed E-state index contributed by atoms with van der Waals surface area (Å²) in [6.07, 6.45) is 1.55. The Balaban J connectivity index is 1.49. The molecule has 0 saturated carbocycles. The second kappa shape index (κ2) is 11.3. The van der Waals surface area contributed by atoms with Crippen LogP contribution in [0, 0.1) is 0 Å². The molecule has 0 atom stereocenters. The summed E-state index contributed by atoms with van der Waals surface area (Å²) in [6, 6.07) is 22.7. The highest BCUT2D eigenvalue weighted by Gasteiger charge is 2.06. The highest BCUT2D eigenvalue weighted by atomic mass is 16.5. The molecule has 0 heterocycles. The summed E-state index contributed by atoms with van der Waals surface area (Å²) in [5.41, 5.74) is 5.15. The Kier molecular flexibility index (Phi) is 7.88. The van der Waals surface area contributed by atoms with Gasteiger partial charge in [-0.1, -0.05) is 30.3 Å². The number of hydrogen-bond acceptors (Lipinski definition) is 6. The third-order valence-electron chi connectivity index (χ3n) is 4.37. The highest BCUT2D eigenvalue weighted by Crippen LogP contribution is 2.28. The van der Waals surface area contributed by atoms with E-state index < -0.39 is 0 Å². The average Bonchev–Trinajstić information content (AvgIpc) is 2.82. The zero-order chi connectivity index (χ0) is 21.9. The van der Waals surface area contributed by atoms with Crippen LogP contribution < -0.4 is 25.0 Å². The van der Waals surface area contributed by atoms with Crippen LogP contribution in [0.5, 0.6) is 17.2 Å². The summed E-state index contributed by atoms with van der Waals surface area (Å²) >= 11 is 0. The van der Waals surface area contributed by atoms with E-state index in [1.165, 1.54) is 0 Å². The van der Waals surface area contributed by atoms with Crippen LogP contribution in [0.3, 0.4) is 0 Å². The molecule has 160 valence electrons. The van der Waals surface area contributed by atoms with E-state index in [2.05, 4.69) is 15.8 Å². The SMILES string of the molecule is COc1ccc(NCC(=O)NN=Cc2ccc(OCc3ccccc3)c(OC)c2)cc1. The van der Waals surface area contributed by atoms with Crippen molar-refractivity contribution in [2.24, 2.45) is 5.10 Å². The fourth-order valence-corrected chi connectivity index (χ4v) is 2.73. The molecule has 7 nitrogen and oxygen atoms in total. The number of nitrogens with one attached hydrogen (secondary N) is 2. The lowest BCUT2D eigenvalue weighted by atomic mass is 10.2. The Morgan fingerprint density at radius 2 is 1.71 bits per heavy atom. The predicted molar refractivity (Wildman–Crippen MR) is 121 cm³/mol. The van der Waals surface area contributed by atoms with Crippen LogP contribution in [-0.2, 0) is 11.4 Å². The minimum atomic E-state index is -0.262. The zero-order valence-electron chi connectivity index (χ0n) is 17.5. The molecule has 0 bridgehead atoms. The van der Waals surface area contributed by atoms with Gasteiger partial charge in [-0.15, -0.1) is 0 Å². The monoisotopic (exact) mass is 419 g/mol. The van der Waals surface area contributed by atoms with Gasteiger partial charge in [0.1, 0.15) is 12.4 Å². The number of amides is 1. The first-order valence-electron chi connectivity index (χ1n) is 9.72. The maximum Gasteiger partial charge on any atom is 0.259 e. The second-order valence-corrected chi connectivity index (χ2v) is 6.56. The molecule has 0 spiro atoms. The van der Waals surface area contributed by atoms with Crippen LogP contribution in [0.4, 0.5) is 5.69 Å². The van der Waals surface area contributed by atoms with Gasteiger partial charge in [0, 0.05) is 5.69 Å². The first-order valence-corrected chi connectivity index (χ1v) is 9.72. The summed E-state index contributed by atoms with van der Waals surface area (Å²) in [7, 11) is 3.19. The molecular weight excluding hydrogens is 394 g/mol. The number of nitrogens with zero attached hydrogens (tertiary/aromatic N) is 1. The van der Waals surface area contributed by atoms with Crippen molar-refractivity contribution in [2.45, 2.75) is 6.61 Å². The van der Waals surface area contributed by atoms with E-state index in [1.54, 1.807) is 26.5 Å². The predicted octanol–water partition coefficient (Wildman–Crippen LogP) is 3.85. The molecule has 0 aliphatic rings. The zero-order valence-corrected chi connectivity index (χ0v) is 17.5. The molecule has 3 rings (SSSR count). The average molecular weight is 419 g/mol. The van der Waals surface area contributed by atoms with Crippen molar-refractivity contribution in [1.29, 1.82) is 0 Å². The van der Waals surface area contributed by atoms with Crippen molar-refractivity contribution >= 4 is 17.8 Å². The minimum Gasteiger partial charge on any atom is -0.497 e. The first-order chi connectivity index (χ1) is 15.2. The normalized spacial score (nSPS) is 10.5. The van der Waals surface area contributed by atoms with Gasteiger partial charge in [-0.25, -0.2) is 5.43 Å². The highest BCUT2D eigenvalue weighted by molar-refractivity contribution is 5.84. The summed E-state index contributed by atoms with van der Waals surface area (Å²) in [4.78, 5) is 12.0. The fourth-order valence-electron chi connectivity index (χ4n) is 2.73. The van der Waals surface area contributed by atoms with E-state index in [1.807, 2.05) is 66.7 Å². The van der Waals surface area contributed by atoms with Gasteiger partial charge in [-0.2, -0.15) is 5.10 Å². The lowest BCUT2D eigenvalue weighted by molar-refractivity contribution is -0.119. The summed E-state index contributed by atoms with van der Waals surface area (Å²) < 4.78 is 16.4. The molecule has 0 radical (unpaired) electrons. The Hall–Kier alpha value is -4.00. The van der Waals surface area contributed by atoms with Crippen LogP contribution in [-0.4, -0.2) is 32.9 Å². The number of methoxy groups -OCH3 is 2. The smallest absolute Gasteiger partial charge is 0.259 e. The largest absolute Gasteiger partial charge is 0.497 e. The van der Waals surface area contributed by atoms with E-state index in [0.29, 0.717) is 18.1 Å². The van der Waals surface area contributed by atoms with Crippen LogP contribution in [0.1, 0.15) is 11.1 Å². The van der Waals surface area contributed by atoms with Gasteiger partial charge >= 0.3 is 0 Å². The summed E-state index contributed by atoms with van der Waals surface area (Å²) in [6.45, 7) is 0.543. The van der Waals surface area contributed by atoms with Crippen molar-refractivity contribution in [3.8, 4) is 17.2 Å². The van der Waals surface area contributed by atoms with Gasteiger partial charge < -0.3 is 19.5 Å². The number of hydrogen-bond donors (Lipinski definition) is 2. The Morgan fingerprint density at radius 3 is 2.42 bits per heavy atom. The fraction of sp³-hybridized carbons (Fsp3) is 0.167. The molecule has 0 aliphatic heterocycles. The molecule has 0 unspecified atom stereocenters. The Bertz CT molecular complexity index is 1010. The third kappa shape index (κ3) is 6.78. The molecule has 7 heteroatoms. The number of anilines is 1. The molecule has 3 aromatic rings. The third-order valence-corrected chi connectivity index (χ3v) is 4.37. The van der Waals surface area contributed by atoms with Gasteiger partial charge in [-0.05, 0) is 53.6 Å². The lowest BCUT2D eigenvalue weighted by Gasteiger charge is -2.11. The standard InChI is InChI=1S/C24H25N3O4/c1-29-21-11-9-20(10-12-21)25-16-24(28)27-26-15-19-8-13-22(23(14-19)30-2)31-17-18-6-4-3-5-7-18/h3-15,25H,16-17H2,1-2H3,(H,27,28). The van der Waals surface area contributed by atoms with Crippen LogP contribution in [0.2, 0.25) is 0 Å². The van der Waals surface area contributed by atoms with E-state index in [4.69, 9.17) is 14.2 Å². The number of rotatable bonds is 10. The molecule has 3 aromatic carbocycles. The molecule has 0 fully saturated rings. The lowest BCUT2D eigenvalue weighted by Crippen LogP contribution is -2.25. The molecule has 0 aliphatic carbocycles. The van der Waals surface area contributed by atoms with Crippen molar-refractivity contribution in [3.63, 3.8) is 0 Å². The van der Waals surface area contributed by atoms with E-state index >= 15 is 0 Å². The van der Waals surface area contributed by atoms with Gasteiger partial charge in [-0.3, -0.25) is 4.79 Å². The van der Waals surface area contributed by atoms with Crippen molar-refractivity contribution in [3.05, 3.63) is 83.9 Å². The topological polar surface area (TPSA) is 81.2 Å². The quantitative estimate of drug-likeness (QED) is 0.385. The van der Waals surface area contributed by atoms with Crippen LogP contribution >= 0.6 is 0 Å². The maximum atomic E-state index is 12.0. The number of ether oxygens (including phenoxy) is 3. The molecule has 0 saturated heterocycles. The Labute approximate surface area is 181 Å². The molecular formula is C24H25N3O4. The van der Waals surface area contributed by atoms with E-state index in [-0.39, 0.29) is 12.5 Å². The maximum absolute atomic E-state index is 12.0. The molecule has 31 heavy (non-hydrogen) atoms. The van der Waals surface area contributed by atoms with Gasteiger partial charge in [0.2, 0.25) is 0 Å². The number of benzene rings is 3. The second-order valence-electron chi connectivity index (χ2n) is 6.56. The van der Waals surface area contributed by atoms with Crippen molar-refractivity contribution < 1.29 is 19.0 Å². The molecule has 2 N–H and O–H groups in total. The summed E-state index contributed by atoms with van der Waals surface area (Å²) in [5.74, 6) is 1.72. The van der Waals surface area contributed by atoms with Crippen molar-refractivity contribution in [1.82, 2.24) is 5.43 Å². The molecule has 0 aromatic heterocycles. The van der Waals surface area contributed by atoms with Gasteiger partial charge in [0.15, 0.2) is 11.5 Å². The minimum absolute atomic E-state index is 0.0965. The summed E-state index contributed by atoms with van der Waals surface area (Å²) in [5, 5.41) is 7.02. The van der Waals surface area contributed by atoms with E-state index in [0.717, 1.165) is 22.6 Å². The van der Waals surface area contributed by atoms with Crippen molar-refractivity contribution in [2.75, 3.05) is 26.1 Å². The van der Waals surface area contributed by atoms with Crippen LogP contribution in [0.15, 0.2) is 77.9 Å². The first kappa shape index (κ1) is 21.7. The van der Waals surface area contributed by atoms with E-state index in [9.17, 15) is 4.79 Å². The van der Waals surface area contributed by atoms with Gasteiger partial charge in [0.05, 0.1) is 27.0 Å². The molecule has 1 amide bonds. The van der Waals surface area contributed by atoms with Gasteiger partial charge in [0.25, 0.3) is 5.91 Å². The number of carbonyl (C=O) groups is 1. The Morgan fingerprint density at radius 1 is 0.935 bits per heavy atom. The number of hydrazone groups is 1. The number of carbonyl (C=O) groups excluding carboxylic acids is 1. The van der Waals surface area contributed by atoms with Crippen LogP contribution in [0.25, 0.3) is 0 Å².